The van der Waals surface area contributed by atoms with Crippen LogP contribution in [0, 0.1) is 28.5 Å². The van der Waals surface area contributed by atoms with Crippen molar-refractivity contribution in [3.8, 4) is 12.1 Å². The topological polar surface area (TPSA) is 140 Å². The Bertz CT molecular complexity index is 1970. The summed E-state index contributed by atoms with van der Waals surface area (Å²) in [5.41, 5.74) is -9.01. The Balaban J connectivity index is 1.63. The SMILES string of the molecule is C[C@](O)(CO[C@@](C)(Cn1ccc2cc(F)ccc21)C(=O)Nc1ccc(C#N)c(C(F)(F)F)c1)C(=O)Nc1ccc(C#N)c(C(F)(F)F)c1. The number of rotatable bonds is 9. The van der Waals surface area contributed by atoms with Crippen molar-refractivity contribution in [2.24, 2.45) is 0 Å². The van der Waals surface area contributed by atoms with E-state index in [1.54, 1.807) is 0 Å². The van der Waals surface area contributed by atoms with Gasteiger partial charge in [-0.25, -0.2) is 4.39 Å². The molecule has 0 unspecified atom stereocenters. The number of carbonyl (C=O) groups is 2. The number of hydrogen-bond acceptors (Lipinski definition) is 6. The molecule has 16 heteroatoms. The number of fused-ring (bicyclic) bond motifs is 1. The molecule has 3 aromatic carbocycles. The largest absolute Gasteiger partial charge is 0.417 e. The minimum absolute atomic E-state index is 0.369. The Morgan fingerprint density at radius 1 is 0.812 bits per heavy atom. The van der Waals surface area contributed by atoms with Crippen LogP contribution in [-0.2, 0) is 33.2 Å². The van der Waals surface area contributed by atoms with Gasteiger partial charge in [-0.15, -0.1) is 0 Å². The van der Waals surface area contributed by atoms with E-state index < -0.39 is 82.3 Å². The molecule has 0 saturated heterocycles. The summed E-state index contributed by atoms with van der Waals surface area (Å²) in [5, 5.41) is 33.9. The molecule has 0 fully saturated rings. The second-order valence-electron chi connectivity index (χ2n) is 11.1. The summed E-state index contributed by atoms with van der Waals surface area (Å²) in [4.78, 5) is 26.6. The van der Waals surface area contributed by atoms with E-state index >= 15 is 0 Å². The van der Waals surface area contributed by atoms with Crippen molar-refractivity contribution in [1.29, 1.82) is 10.5 Å². The van der Waals surface area contributed by atoms with Gasteiger partial charge in [-0.05, 0) is 74.5 Å². The first-order valence-electron chi connectivity index (χ1n) is 13.7. The molecule has 0 aliphatic carbocycles. The molecule has 0 aliphatic heterocycles. The van der Waals surface area contributed by atoms with Crippen LogP contribution in [-0.4, -0.2) is 39.3 Å². The minimum atomic E-state index is -4.94. The maximum Gasteiger partial charge on any atom is 0.417 e. The zero-order chi connectivity index (χ0) is 35.7. The fourth-order valence-electron chi connectivity index (χ4n) is 4.62. The van der Waals surface area contributed by atoms with Gasteiger partial charge in [0.1, 0.15) is 5.82 Å². The van der Waals surface area contributed by atoms with E-state index in [1.807, 2.05) is 0 Å². The standard InChI is InChI=1S/C32H24F7N5O4/c1-29(47,27(45)42-22-6-3-19(14-40)24(12-22)31(34,35)36)17-48-30(2,16-44-10-9-18-11-21(33)5-8-26(18)44)28(46)43-23-7-4-20(15-41)25(13-23)32(37,38)39/h3-13,47H,16-17H2,1-2H3,(H,42,45)(H,43,46)/t29-,30-/m0/s1. The van der Waals surface area contributed by atoms with Gasteiger partial charge in [0.2, 0.25) is 0 Å². The van der Waals surface area contributed by atoms with Crippen LogP contribution < -0.4 is 10.6 Å². The Morgan fingerprint density at radius 2 is 1.33 bits per heavy atom. The number of halogens is 7. The van der Waals surface area contributed by atoms with Crippen molar-refractivity contribution in [3.05, 3.63) is 94.9 Å². The van der Waals surface area contributed by atoms with E-state index in [0.29, 0.717) is 23.0 Å². The van der Waals surface area contributed by atoms with Gasteiger partial charge in [-0.1, -0.05) is 0 Å². The average molecular weight is 676 g/mol. The maximum absolute atomic E-state index is 13.8. The molecule has 0 radical (unpaired) electrons. The van der Waals surface area contributed by atoms with Gasteiger partial charge in [0.15, 0.2) is 11.2 Å². The molecule has 0 saturated carbocycles. The summed E-state index contributed by atoms with van der Waals surface area (Å²) in [7, 11) is 0. The van der Waals surface area contributed by atoms with E-state index in [4.69, 9.17) is 15.3 Å². The predicted molar refractivity (Wildman–Crippen MR) is 156 cm³/mol. The minimum Gasteiger partial charge on any atom is -0.378 e. The van der Waals surface area contributed by atoms with Crippen LogP contribution in [0.4, 0.5) is 42.1 Å². The van der Waals surface area contributed by atoms with Gasteiger partial charge in [0, 0.05) is 28.5 Å². The number of amides is 2. The summed E-state index contributed by atoms with van der Waals surface area (Å²) in [6, 6.07) is 12.9. The lowest BCUT2D eigenvalue weighted by Gasteiger charge is -2.33. The van der Waals surface area contributed by atoms with Crippen LogP contribution in [0.15, 0.2) is 66.9 Å². The second kappa shape index (κ2) is 13.0. The Morgan fingerprint density at radius 3 is 1.83 bits per heavy atom. The highest BCUT2D eigenvalue weighted by Gasteiger charge is 2.41. The molecule has 0 aliphatic rings. The number of alkyl halides is 6. The highest BCUT2D eigenvalue weighted by molar-refractivity contribution is 5.98. The molecule has 4 rings (SSSR count). The van der Waals surface area contributed by atoms with E-state index in [9.17, 15) is 45.4 Å². The van der Waals surface area contributed by atoms with Crippen LogP contribution in [0.25, 0.3) is 10.9 Å². The highest BCUT2D eigenvalue weighted by atomic mass is 19.4. The lowest BCUT2D eigenvalue weighted by atomic mass is 10.0. The summed E-state index contributed by atoms with van der Waals surface area (Å²) in [6.07, 6.45) is -8.40. The first-order valence-corrected chi connectivity index (χ1v) is 13.7. The van der Waals surface area contributed by atoms with Crippen molar-refractivity contribution >= 4 is 34.1 Å². The zero-order valence-corrected chi connectivity index (χ0v) is 24.9. The van der Waals surface area contributed by atoms with Gasteiger partial charge < -0.3 is 25.0 Å². The first kappa shape index (κ1) is 35.4. The quantitative estimate of drug-likeness (QED) is 0.176. The summed E-state index contributed by atoms with van der Waals surface area (Å²) in [6.45, 7) is 0.800. The number of aliphatic hydroxyl groups is 1. The molecule has 1 heterocycles. The van der Waals surface area contributed by atoms with E-state index in [-0.39, 0.29) is 5.69 Å². The number of carbonyl (C=O) groups excluding carboxylic acids is 2. The number of nitriles is 2. The molecule has 250 valence electrons. The highest BCUT2D eigenvalue weighted by Crippen LogP contribution is 2.35. The van der Waals surface area contributed by atoms with Crippen LogP contribution in [0.5, 0.6) is 0 Å². The lowest BCUT2D eigenvalue weighted by Crippen LogP contribution is -2.52. The molecule has 9 nitrogen and oxygen atoms in total. The van der Waals surface area contributed by atoms with Gasteiger partial charge >= 0.3 is 12.4 Å². The number of hydrogen-bond donors (Lipinski definition) is 3. The monoisotopic (exact) mass is 675 g/mol. The van der Waals surface area contributed by atoms with Crippen LogP contribution in [0.2, 0.25) is 0 Å². The van der Waals surface area contributed by atoms with Gasteiger partial charge in [0.05, 0.1) is 47.5 Å². The lowest BCUT2D eigenvalue weighted by molar-refractivity contribution is -0.159. The third-order valence-corrected chi connectivity index (χ3v) is 7.25. The first-order chi connectivity index (χ1) is 22.3. The van der Waals surface area contributed by atoms with Crippen molar-refractivity contribution in [2.45, 2.75) is 43.9 Å². The zero-order valence-electron chi connectivity index (χ0n) is 24.9. The summed E-state index contributed by atoms with van der Waals surface area (Å²) in [5.74, 6) is -2.86. The number of anilines is 2. The number of aromatic nitrogens is 1. The van der Waals surface area contributed by atoms with Crippen molar-refractivity contribution in [2.75, 3.05) is 17.2 Å². The molecule has 0 spiro atoms. The fourth-order valence-corrected chi connectivity index (χ4v) is 4.62. The van der Waals surface area contributed by atoms with E-state index in [1.165, 1.54) is 48.0 Å². The third-order valence-electron chi connectivity index (χ3n) is 7.25. The second-order valence-corrected chi connectivity index (χ2v) is 11.1. The smallest absolute Gasteiger partial charge is 0.378 e. The number of ether oxygens (including phenoxy) is 1. The molecular weight excluding hydrogens is 651 g/mol. The Hall–Kier alpha value is -5.45. The predicted octanol–water partition coefficient (Wildman–Crippen LogP) is 6.37. The molecule has 4 aromatic rings. The Kier molecular flexibility index (Phi) is 9.57. The molecule has 3 N–H and O–H groups in total. The maximum atomic E-state index is 13.8. The van der Waals surface area contributed by atoms with Gasteiger partial charge in [-0.3, -0.25) is 9.59 Å². The van der Waals surface area contributed by atoms with Gasteiger partial charge in [-0.2, -0.15) is 36.9 Å². The Labute approximate surface area is 267 Å². The van der Waals surface area contributed by atoms with Crippen molar-refractivity contribution < 1.29 is 50.2 Å². The number of nitrogens with zero attached hydrogens (tertiary/aromatic N) is 3. The number of benzene rings is 3. The summed E-state index contributed by atoms with van der Waals surface area (Å²) < 4.78 is 102. The van der Waals surface area contributed by atoms with Crippen LogP contribution >= 0.6 is 0 Å². The van der Waals surface area contributed by atoms with Crippen molar-refractivity contribution in [3.63, 3.8) is 0 Å². The summed E-state index contributed by atoms with van der Waals surface area (Å²) >= 11 is 0. The molecule has 1 aromatic heterocycles. The van der Waals surface area contributed by atoms with Crippen LogP contribution in [0.1, 0.15) is 36.1 Å². The van der Waals surface area contributed by atoms with Gasteiger partial charge in [0.25, 0.3) is 11.8 Å². The molecule has 0 bridgehead atoms. The third kappa shape index (κ3) is 7.74. The number of nitrogens with one attached hydrogen (secondary N) is 2. The molecule has 48 heavy (non-hydrogen) atoms. The van der Waals surface area contributed by atoms with Crippen LogP contribution in [0.3, 0.4) is 0 Å². The van der Waals surface area contributed by atoms with E-state index in [2.05, 4.69) is 10.6 Å². The van der Waals surface area contributed by atoms with Crippen molar-refractivity contribution in [1.82, 2.24) is 4.57 Å². The molecule has 2 atom stereocenters. The fraction of sp³-hybridized carbons (Fsp3) is 0.250. The molecule has 2 amide bonds. The van der Waals surface area contributed by atoms with E-state index in [0.717, 1.165) is 37.3 Å². The average Bonchev–Trinajstić information content (AvgIpc) is 3.40. The normalized spacial score (nSPS) is 14.3. The molecular formula is C32H24F7N5O4.